The smallest absolute Gasteiger partial charge is 0.244 e. The standard InChI is InChI=1S/C23H30N4O2.C17H16N4.C3H7ClO.C2H3N.CH3N.2ClH/c28-16-6-14-26-18-24(20-8-1-3-10-22(20)26)12-5-13-25-19-27(15-7-17-29)23-11-4-2-9-21(23)25;1-3-8-16-14(6-1)18-12-20(16)10-5-11-21-13-19-15-7-2-4-9-17(15)21;4-2-1-3-5;1-2-3;1-2;;/h1-4,8-11,18-19,28-29H,5-7,12-17H2;1-4,6-9,12-13H,5,10-11H2;5H,1-3H2;3H,1H2;2H,1H2;2*1H/q+2;;;;;;/p-2. The minimum absolute atomic E-state index is 0. The Bertz CT molecular complexity index is 2330. The number of para-hydroxylation sites is 8. The van der Waals surface area contributed by atoms with E-state index in [9.17, 15) is 10.2 Å². The van der Waals surface area contributed by atoms with Crippen LogP contribution in [0.4, 0.5) is 0 Å². The van der Waals surface area contributed by atoms with Crippen molar-refractivity contribution in [2.75, 3.05) is 25.7 Å². The van der Waals surface area contributed by atoms with Gasteiger partial charge in [0.1, 0.15) is 0 Å². The molecular weight excluding hydrogens is 847 g/mol. The molecule has 13 nitrogen and oxygen atoms in total. The molecule has 0 atom stereocenters. The van der Waals surface area contributed by atoms with Crippen molar-refractivity contribution in [3.63, 3.8) is 0 Å². The molecule has 0 fully saturated rings. The molecular formula is C46H59Cl3N10O3. The number of rotatable bonds is 16. The molecule has 8 rings (SSSR count). The molecule has 0 amide bonds. The van der Waals surface area contributed by atoms with Gasteiger partial charge in [-0.05, 0) is 80.5 Å². The maximum Gasteiger partial charge on any atom is 0.244 e. The van der Waals surface area contributed by atoms with Gasteiger partial charge in [-0.2, -0.15) is 0 Å². The summed E-state index contributed by atoms with van der Waals surface area (Å²) in [7, 11) is 0. The molecule has 0 spiro atoms. The molecule has 4 heterocycles. The Kier molecular flexibility index (Phi) is 25.4. The highest BCUT2D eigenvalue weighted by Crippen LogP contribution is 2.16. The Morgan fingerprint density at radius 1 is 0.532 bits per heavy atom. The molecule has 62 heavy (non-hydrogen) atoms. The lowest BCUT2D eigenvalue weighted by Gasteiger charge is -2.06. The first-order chi connectivity index (χ1) is 29.6. The van der Waals surface area contributed by atoms with Crippen LogP contribution < -0.4 is 33.9 Å². The van der Waals surface area contributed by atoms with E-state index in [1.54, 1.807) is 5.87 Å². The molecule has 0 bridgehead atoms. The number of alkyl halides is 1. The van der Waals surface area contributed by atoms with E-state index in [1.165, 1.54) is 33.1 Å². The monoisotopic (exact) mass is 904 g/mol. The second kappa shape index (κ2) is 29.8. The Balaban J connectivity index is 0.000000352. The molecule has 0 aliphatic heterocycles. The summed E-state index contributed by atoms with van der Waals surface area (Å²) in [6.07, 6.45) is 12.5. The number of aliphatic hydroxyl groups excluding tert-OH is 3. The van der Waals surface area contributed by atoms with Gasteiger partial charge in [-0.3, -0.25) is 5.41 Å². The molecule has 0 aliphatic rings. The first kappa shape index (κ1) is 52.8. The van der Waals surface area contributed by atoms with Crippen LogP contribution in [-0.4, -0.2) is 81.8 Å². The van der Waals surface area contributed by atoms with Crippen LogP contribution in [0, 0.1) is 10.8 Å². The van der Waals surface area contributed by atoms with E-state index < -0.39 is 0 Å². The fraction of sp³-hybridized carbons (Fsp3) is 0.326. The molecule has 0 saturated heterocycles. The van der Waals surface area contributed by atoms with Gasteiger partial charge in [-0.1, -0.05) is 48.5 Å². The Morgan fingerprint density at radius 3 is 1.26 bits per heavy atom. The molecule has 5 N–H and O–H groups in total. The fourth-order valence-electron chi connectivity index (χ4n) is 6.94. The van der Waals surface area contributed by atoms with Crippen molar-refractivity contribution < 1.29 is 49.3 Å². The van der Waals surface area contributed by atoms with Crippen LogP contribution in [0.25, 0.3) is 44.1 Å². The molecule has 0 radical (unpaired) electrons. The third-order valence-electron chi connectivity index (χ3n) is 9.62. The Labute approximate surface area is 381 Å². The molecule has 0 unspecified atom stereocenters. The summed E-state index contributed by atoms with van der Waals surface area (Å²) in [4.78, 5) is 8.86. The number of hydrogen-bond acceptors (Lipinski definition) is 7. The van der Waals surface area contributed by atoms with Gasteiger partial charge in [0.05, 0.1) is 60.9 Å². The second-order valence-electron chi connectivity index (χ2n) is 13.6. The summed E-state index contributed by atoms with van der Waals surface area (Å²) in [5, 5.41) is 37.7. The lowest BCUT2D eigenvalue weighted by atomic mass is 10.3. The van der Waals surface area contributed by atoms with E-state index >= 15 is 0 Å². The number of halogens is 3. The molecule has 4 aromatic heterocycles. The van der Waals surface area contributed by atoms with Crippen LogP contribution >= 0.6 is 11.6 Å². The number of nitrogens with one attached hydrogen (secondary N) is 2. The molecule has 332 valence electrons. The van der Waals surface area contributed by atoms with Gasteiger partial charge in [-0.25, -0.2) is 28.2 Å². The van der Waals surface area contributed by atoms with Crippen LogP contribution in [0.3, 0.4) is 0 Å². The van der Waals surface area contributed by atoms with Gasteiger partial charge in [-0.15, -0.1) is 11.6 Å². The van der Waals surface area contributed by atoms with E-state index in [1.807, 2.05) is 24.8 Å². The average Bonchev–Trinajstić information content (AvgIpc) is 4.08. The number of nitrogens with zero attached hydrogens (tertiary/aromatic N) is 8. The summed E-state index contributed by atoms with van der Waals surface area (Å²) < 4.78 is 13.5. The van der Waals surface area contributed by atoms with Gasteiger partial charge in [0.2, 0.25) is 12.7 Å². The van der Waals surface area contributed by atoms with Crippen molar-refractivity contribution in [1.82, 2.24) is 28.2 Å². The number of aliphatic hydroxyl groups is 3. The minimum atomic E-state index is 0. The zero-order valence-electron chi connectivity index (χ0n) is 35.1. The zero-order valence-corrected chi connectivity index (χ0v) is 37.4. The first-order valence-electron chi connectivity index (χ1n) is 20.2. The van der Waals surface area contributed by atoms with Crippen LogP contribution in [0.15, 0.2) is 129 Å². The predicted molar refractivity (Wildman–Crippen MR) is 242 cm³/mol. The number of aromatic nitrogens is 8. The van der Waals surface area contributed by atoms with Crippen molar-refractivity contribution in [1.29, 1.82) is 10.8 Å². The van der Waals surface area contributed by atoms with E-state index in [0.29, 0.717) is 12.3 Å². The summed E-state index contributed by atoms with van der Waals surface area (Å²) in [6.45, 7) is 11.5. The lowest BCUT2D eigenvalue weighted by molar-refractivity contribution is -0.703. The summed E-state index contributed by atoms with van der Waals surface area (Å²) in [5.74, 6) is 2.32. The topological polar surface area (TPSA) is 162 Å². The molecule has 0 aliphatic carbocycles. The summed E-state index contributed by atoms with van der Waals surface area (Å²) in [5.41, 5.74) is 9.43. The SMILES string of the molecule is C=C=N.C=N.OCCCCl.OCCCn1c[n+](CCC[n+]2cn(CCCO)c3ccccc32)c2ccccc21.[Cl-].[Cl-].c1ccc2c(c1)ncn2CCCn1cnc2ccccc21. The van der Waals surface area contributed by atoms with Gasteiger partial charge >= 0.3 is 0 Å². The zero-order chi connectivity index (χ0) is 43.0. The average molecular weight is 906 g/mol. The minimum Gasteiger partial charge on any atom is -1.00 e. The number of imidazole rings is 4. The predicted octanol–water partition coefficient (Wildman–Crippen LogP) is 0.805. The normalized spacial score (nSPS) is 10.2. The van der Waals surface area contributed by atoms with E-state index in [2.05, 4.69) is 148 Å². The van der Waals surface area contributed by atoms with Crippen LogP contribution in [-0.2, 0) is 39.3 Å². The highest BCUT2D eigenvalue weighted by atomic mass is 35.5. The van der Waals surface area contributed by atoms with E-state index in [-0.39, 0.29) is 44.6 Å². The van der Waals surface area contributed by atoms with Crippen molar-refractivity contribution in [3.8, 4) is 0 Å². The van der Waals surface area contributed by atoms with E-state index in [4.69, 9.17) is 27.5 Å². The highest BCUT2D eigenvalue weighted by molar-refractivity contribution is 6.17. The molecule has 4 aromatic carbocycles. The van der Waals surface area contributed by atoms with Crippen molar-refractivity contribution >= 4 is 68.3 Å². The number of hydrogen-bond donors (Lipinski definition) is 5. The van der Waals surface area contributed by atoms with Crippen LogP contribution in [0.1, 0.15) is 32.1 Å². The van der Waals surface area contributed by atoms with Gasteiger partial charge in [0.15, 0.2) is 22.1 Å². The van der Waals surface area contributed by atoms with Crippen LogP contribution in [0.2, 0.25) is 0 Å². The van der Waals surface area contributed by atoms with Crippen molar-refractivity contribution in [2.24, 2.45) is 0 Å². The van der Waals surface area contributed by atoms with Crippen molar-refractivity contribution in [2.45, 2.75) is 71.4 Å². The van der Waals surface area contributed by atoms with Crippen molar-refractivity contribution in [3.05, 3.63) is 129 Å². The van der Waals surface area contributed by atoms with Crippen LogP contribution in [0.5, 0.6) is 0 Å². The summed E-state index contributed by atoms with van der Waals surface area (Å²) >= 11 is 5.14. The largest absolute Gasteiger partial charge is 1.00 e. The van der Waals surface area contributed by atoms with Gasteiger partial charge in [0.25, 0.3) is 0 Å². The summed E-state index contributed by atoms with van der Waals surface area (Å²) in [6, 6.07) is 33.4. The first-order valence-corrected chi connectivity index (χ1v) is 20.8. The fourth-order valence-corrected chi connectivity index (χ4v) is 7.06. The molecule has 8 aromatic rings. The third-order valence-corrected chi connectivity index (χ3v) is 9.88. The Morgan fingerprint density at radius 2 is 0.887 bits per heavy atom. The quantitative estimate of drug-likeness (QED) is 0.0551. The van der Waals surface area contributed by atoms with E-state index in [0.717, 1.165) is 76.0 Å². The number of aryl methyl sites for hydroxylation is 6. The number of fused-ring (bicyclic) bond motifs is 4. The third kappa shape index (κ3) is 14.9. The van der Waals surface area contributed by atoms with Gasteiger partial charge < -0.3 is 54.7 Å². The highest BCUT2D eigenvalue weighted by Gasteiger charge is 2.17. The molecule has 16 heteroatoms. The lowest BCUT2D eigenvalue weighted by Crippen LogP contribution is -3.00. The Hall–Kier alpha value is -5.37. The maximum absolute atomic E-state index is 9.18. The number of benzene rings is 4. The molecule has 0 saturated carbocycles. The van der Waals surface area contributed by atoms with Gasteiger partial charge in [0, 0.05) is 58.1 Å². The maximum atomic E-state index is 9.18. The second-order valence-corrected chi connectivity index (χ2v) is 14.0.